The van der Waals surface area contributed by atoms with Crippen molar-refractivity contribution in [1.29, 1.82) is 0 Å². The third-order valence-electron chi connectivity index (χ3n) is 0. The molecule has 0 spiro atoms. The topological polar surface area (TPSA) is 31.5 Å². The van der Waals surface area contributed by atoms with Crippen LogP contribution < -0.4 is 0 Å². The van der Waals surface area contributed by atoms with Crippen LogP contribution in [0.1, 0.15) is 0 Å². The minimum Gasteiger partial charge on any atom is -0.412 e. The van der Waals surface area contributed by atoms with Gasteiger partial charge in [-0.3, -0.25) is 0 Å². The van der Waals surface area contributed by atoms with Crippen molar-refractivity contribution < 1.29 is 42.0 Å². The molecule has 0 heterocycles. The summed E-state index contributed by atoms with van der Waals surface area (Å²) in [5.41, 5.74) is 0. The molecule has 2 N–H and O–H groups in total. The normalized spacial score (nSPS) is 0. The molecule has 0 amide bonds. The summed E-state index contributed by atoms with van der Waals surface area (Å²) in [4.78, 5) is 0. The van der Waals surface area contributed by atoms with Gasteiger partial charge in [0.15, 0.2) is 17.4 Å². The molecule has 0 saturated carbocycles. The average molecular weight is 177 g/mol. The fraction of sp³-hybridized carbons (Fsp3) is 0. The van der Waals surface area contributed by atoms with Gasteiger partial charge in [0.1, 0.15) is 0 Å². The molecule has 0 aromatic carbocycles. The molecule has 0 aromatic heterocycles. The Morgan fingerprint density at radius 1 is 1.00 bits per heavy atom. The first kappa shape index (κ1) is 45.3. The molecule has 0 saturated heterocycles. The quantitative estimate of drug-likeness (QED) is 0.383. The molecule has 0 aromatic rings. The molecular formula is H5AlCuOZn. The smallest absolute Gasteiger partial charge is 0.187 e. The Bertz CT molecular complexity index is 8.00. The van der Waals surface area contributed by atoms with Crippen LogP contribution in [-0.2, 0) is 36.5 Å². The Hall–Kier alpha value is 1.64. The number of hydrogen-bond acceptors (Lipinski definition) is 0. The first-order chi connectivity index (χ1) is 0. The van der Waals surface area contributed by atoms with E-state index in [4.69, 9.17) is 0 Å². The molecule has 1 nitrogen and oxygen atoms in total. The van der Waals surface area contributed by atoms with Gasteiger partial charge in [0.25, 0.3) is 0 Å². The van der Waals surface area contributed by atoms with Crippen LogP contribution in [0.3, 0.4) is 0 Å². The second-order valence-electron chi connectivity index (χ2n) is 0. The van der Waals surface area contributed by atoms with Crippen molar-refractivity contribution in [3.63, 3.8) is 0 Å². The third kappa shape index (κ3) is 9.44. The van der Waals surface area contributed by atoms with Crippen LogP contribution in [0.15, 0.2) is 0 Å². The van der Waals surface area contributed by atoms with Crippen LogP contribution >= 0.6 is 0 Å². The van der Waals surface area contributed by atoms with Crippen molar-refractivity contribution in [3.8, 4) is 0 Å². The maximum absolute atomic E-state index is 0. The first-order valence-electron chi connectivity index (χ1n) is 0. The average Bonchev–Trinajstić information content (AvgIpc) is 0. The monoisotopic (exact) mass is 175 g/mol. The Kier molecular flexibility index (Phi) is 259. The second-order valence-corrected chi connectivity index (χ2v) is 0. The number of rotatable bonds is 0. The summed E-state index contributed by atoms with van der Waals surface area (Å²) in [7, 11) is 0. The summed E-state index contributed by atoms with van der Waals surface area (Å²) in [5, 5.41) is 0. The van der Waals surface area contributed by atoms with Crippen molar-refractivity contribution >= 4 is 17.4 Å². The van der Waals surface area contributed by atoms with Crippen molar-refractivity contribution in [2.24, 2.45) is 0 Å². The molecule has 0 aliphatic heterocycles. The summed E-state index contributed by atoms with van der Waals surface area (Å²) in [6, 6.07) is 0. The summed E-state index contributed by atoms with van der Waals surface area (Å²) in [5.74, 6) is 0. The van der Waals surface area contributed by atoms with Gasteiger partial charge in [0.05, 0.1) is 0 Å². The molecule has 1 radical (unpaired) electrons. The van der Waals surface area contributed by atoms with Gasteiger partial charge in [0, 0.05) is 36.5 Å². The van der Waals surface area contributed by atoms with Crippen molar-refractivity contribution in [3.05, 3.63) is 0 Å². The zero-order chi connectivity index (χ0) is 0. The molecule has 27 valence electrons. The summed E-state index contributed by atoms with van der Waals surface area (Å²) in [6.07, 6.45) is 0. The largest absolute Gasteiger partial charge is 0.412 e. The van der Waals surface area contributed by atoms with Gasteiger partial charge in [-0.2, -0.15) is 0 Å². The SMILES string of the molecule is O.[AlH3].[Cu].[Zn]. The Labute approximate surface area is 59.2 Å². The van der Waals surface area contributed by atoms with E-state index in [9.17, 15) is 0 Å². The zero-order valence-corrected chi connectivity index (χ0v) is 5.42. The fourth-order valence-corrected chi connectivity index (χ4v) is 0. The zero-order valence-electron chi connectivity index (χ0n) is 1.51. The van der Waals surface area contributed by atoms with Crippen LogP contribution in [0.25, 0.3) is 0 Å². The van der Waals surface area contributed by atoms with E-state index in [1.807, 2.05) is 0 Å². The maximum Gasteiger partial charge on any atom is 0.187 e. The predicted molar refractivity (Wildman–Crippen MR) is 13.6 cm³/mol. The van der Waals surface area contributed by atoms with Gasteiger partial charge < -0.3 is 5.48 Å². The van der Waals surface area contributed by atoms with Gasteiger partial charge in [0.2, 0.25) is 0 Å². The van der Waals surface area contributed by atoms with Gasteiger partial charge >= 0.3 is 0 Å². The van der Waals surface area contributed by atoms with Crippen LogP contribution in [0.4, 0.5) is 0 Å². The molecule has 0 rings (SSSR count). The van der Waals surface area contributed by atoms with E-state index in [0.717, 1.165) is 0 Å². The van der Waals surface area contributed by atoms with E-state index >= 15 is 0 Å². The molecule has 0 aliphatic carbocycles. The summed E-state index contributed by atoms with van der Waals surface area (Å²) < 4.78 is 0. The Morgan fingerprint density at radius 2 is 1.00 bits per heavy atom. The first-order valence-corrected chi connectivity index (χ1v) is 0. The van der Waals surface area contributed by atoms with Crippen molar-refractivity contribution in [1.82, 2.24) is 0 Å². The molecule has 0 unspecified atom stereocenters. The van der Waals surface area contributed by atoms with Crippen LogP contribution in [0.2, 0.25) is 0 Å². The fourth-order valence-electron chi connectivity index (χ4n) is 0. The molecule has 4 heteroatoms. The minimum absolute atomic E-state index is 0. The van der Waals surface area contributed by atoms with Crippen LogP contribution in [0, 0.1) is 0 Å². The van der Waals surface area contributed by atoms with E-state index in [1.54, 1.807) is 0 Å². The molecule has 4 heavy (non-hydrogen) atoms. The predicted octanol–water partition coefficient (Wildman–Crippen LogP) is -2.01. The van der Waals surface area contributed by atoms with Gasteiger partial charge in [-0.15, -0.1) is 0 Å². The minimum atomic E-state index is 0. The van der Waals surface area contributed by atoms with E-state index in [2.05, 4.69) is 0 Å². The Balaban J connectivity index is 0. The number of hydrogen-bond donors (Lipinski definition) is 0. The van der Waals surface area contributed by atoms with E-state index in [0.29, 0.717) is 0 Å². The van der Waals surface area contributed by atoms with Crippen molar-refractivity contribution in [2.75, 3.05) is 0 Å². The molecule has 0 atom stereocenters. The standard InChI is InChI=1S/Al.Cu.H2O.Zn.3H/h;;1H2;;;;. The van der Waals surface area contributed by atoms with E-state index in [1.165, 1.54) is 0 Å². The van der Waals surface area contributed by atoms with Crippen molar-refractivity contribution in [2.45, 2.75) is 0 Å². The van der Waals surface area contributed by atoms with Gasteiger partial charge in [-0.05, 0) is 0 Å². The second kappa shape index (κ2) is 22.9. The van der Waals surface area contributed by atoms with Crippen LogP contribution in [-0.4, -0.2) is 22.8 Å². The Morgan fingerprint density at radius 3 is 1.00 bits per heavy atom. The maximum atomic E-state index is 0. The van der Waals surface area contributed by atoms with E-state index < -0.39 is 0 Å². The van der Waals surface area contributed by atoms with E-state index in [-0.39, 0.29) is 59.4 Å². The third-order valence-corrected chi connectivity index (χ3v) is 0. The summed E-state index contributed by atoms with van der Waals surface area (Å²) in [6.45, 7) is 0. The summed E-state index contributed by atoms with van der Waals surface area (Å²) >= 11 is 0. The molecule has 0 aliphatic rings. The van der Waals surface area contributed by atoms with Gasteiger partial charge in [-0.25, -0.2) is 0 Å². The van der Waals surface area contributed by atoms with Gasteiger partial charge in [-0.1, -0.05) is 0 Å². The van der Waals surface area contributed by atoms with Crippen LogP contribution in [0.5, 0.6) is 0 Å². The molecule has 0 bridgehead atoms. The molecular weight excluding hydrogens is 172 g/mol. The molecule has 0 fully saturated rings.